The molecule has 4 nitrogen and oxygen atoms in total. The molecular formula is C13H18ClNO3. The lowest BCUT2D eigenvalue weighted by atomic mass is 10.2. The maximum Gasteiger partial charge on any atom is 0.257 e. The molecule has 0 saturated heterocycles. The van der Waals surface area contributed by atoms with Crippen LogP contribution in [-0.2, 0) is 4.79 Å². The van der Waals surface area contributed by atoms with Crippen LogP contribution in [0.3, 0.4) is 0 Å². The largest absolute Gasteiger partial charge is 0.484 e. The summed E-state index contributed by atoms with van der Waals surface area (Å²) < 4.78 is 5.27. The number of carbonyl (C=O) groups excluding carboxylic acids is 1. The Bertz CT molecular complexity index is 367. The number of carbonyl (C=O) groups is 1. The van der Waals surface area contributed by atoms with Gasteiger partial charge in [0, 0.05) is 11.6 Å². The van der Waals surface area contributed by atoms with E-state index >= 15 is 0 Å². The summed E-state index contributed by atoms with van der Waals surface area (Å²) in [6.45, 7) is 2.32. The van der Waals surface area contributed by atoms with E-state index in [9.17, 15) is 9.90 Å². The number of benzene rings is 1. The van der Waals surface area contributed by atoms with Crippen molar-refractivity contribution in [3.05, 3.63) is 29.3 Å². The first kappa shape index (κ1) is 14.8. The van der Waals surface area contributed by atoms with Crippen molar-refractivity contribution in [1.29, 1.82) is 0 Å². The number of nitrogens with one attached hydrogen (secondary N) is 1. The predicted molar refractivity (Wildman–Crippen MR) is 70.9 cm³/mol. The van der Waals surface area contributed by atoms with E-state index in [1.807, 2.05) is 6.92 Å². The van der Waals surface area contributed by atoms with Crippen molar-refractivity contribution in [3.8, 4) is 5.75 Å². The van der Waals surface area contributed by atoms with Crippen LogP contribution in [-0.4, -0.2) is 30.3 Å². The number of amides is 1. The van der Waals surface area contributed by atoms with E-state index in [2.05, 4.69) is 5.32 Å². The molecule has 0 radical (unpaired) electrons. The Morgan fingerprint density at radius 3 is 2.72 bits per heavy atom. The summed E-state index contributed by atoms with van der Waals surface area (Å²) >= 11 is 5.73. The third kappa shape index (κ3) is 5.89. The SMILES string of the molecule is CCC(O)CCNC(=O)COc1ccc(Cl)cc1. The van der Waals surface area contributed by atoms with Crippen LogP contribution in [0, 0.1) is 0 Å². The van der Waals surface area contributed by atoms with Gasteiger partial charge >= 0.3 is 0 Å². The molecule has 0 bridgehead atoms. The van der Waals surface area contributed by atoms with Gasteiger partial charge in [0.25, 0.3) is 5.91 Å². The van der Waals surface area contributed by atoms with Crippen LogP contribution in [0.1, 0.15) is 19.8 Å². The maximum absolute atomic E-state index is 11.4. The van der Waals surface area contributed by atoms with Gasteiger partial charge in [-0.05, 0) is 37.1 Å². The monoisotopic (exact) mass is 271 g/mol. The van der Waals surface area contributed by atoms with Crippen LogP contribution in [0.5, 0.6) is 5.75 Å². The molecular weight excluding hydrogens is 254 g/mol. The molecule has 0 aromatic heterocycles. The standard InChI is InChI=1S/C13H18ClNO3/c1-2-11(16)7-8-15-13(17)9-18-12-5-3-10(14)4-6-12/h3-6,11,16H,2,7-9H2,1H3,(H,15,17). The van der Waals surface area contributed by atoms with Crippen molar-refractivity contribution in [2.75, 3.05) is 13.2 Å². The molecule has 1 aromatic rings. The molecule has 0 aliphatic carbocycles. The zero-order chi connectivity index (χ0) is 13.4. The van der Waals surface area contributed by atoms with Crippen LogP contribution in [0.25, 0.3) is 0 Å². The van der Waals surface area contributed by atoms with Gasteiger partial charge in [0.05, 0.1) is 6.10 Å². The molecule has 0 spiro atoms. The molecule has 1 atom stereocenters. The highest BCUT2D eigenvalue weighted by Crippen LogP contribution is 2.15. The lowest BCUT2D eigenvalue weighted by Gasteiger charge is -2.09. The van der Waals surface area contributed by atoms with E-state index in [1.54, 1.807) is 24.3 Å². The molecule has 0 fully saturated rings. The number of aliphatic hydroxyl groups is 1. The zero-order valence-corrected chi connectivity index (χ0v) is 11.1. The maximum atomic E-state index is 11.4. The predicted octanol–water partition coefficient (Wildman–Crippen LogP) is 2.00. The summed E-state index contributed by atoms with van der Waals surface area (Å²) in [5.74, 6) is 0.399. The Morgan fingerprint density at radius 2 is 2.11 bits per heavy atom. The van der Waals surface area contributed by atoms with Gasteiger partial charge in [0.2, 0.25) is 0 Å². The van der Waals surface area contributed by atoms with E-state index in [1.165, 1.54) is 0 Å². The Hall–Kier alpha value is -1.26. The molecule has 100 valence electrons. The lowest BCUT2D eigenvalue weighted by molar-refractivity contribution is -0.123. The zero-order valence-electron chi connectivity index (χ0n) is 10.4. The van der Waals surface area contributed by atoms with Gasteiger partial charge in [-0.15, -0.1) is 0 Å². The molecule has 18 heavy (non-hydrogen) atoms. The Labute approximate surface area is 112 Å². The van der Waals surface area contributed by atoms with Gasteiger partial charge in [0.1, 0.15) is 5.75 Å². The van der Waals surface area contributed by atoms with Crippen molar-refractivity contribution >= 4 is 17.5 Å². The number of hydrogen-bond donors (Lipinski definition) is 2. The Balaban J connectivity index is 2.19. The first-order valence-electron chi connectivity index (χ1n) is 5.95. The van der Waals surface area contributed by atoms with Crippen molar-refractivity contribution < 1.29 is 14.6 Å². The van der Waals surface area contributed by atoms with Gasteiger partial charge in [-0.1, -0.05) is 18.5 Å². The molecule has 1 aromatic carbocycles. The van der Waals surface area contributed by atoms with E-state index < -0.39 is 0 Å². The van der Waals surface area contributed by atoms with Crippen molar-refractivity contribution in [3.63, 3.8) is 0 Å². The van der Waals surface area contributed by atoms with Crippen LogP contribution in [0.4, 0.5) is 0 Å². The minimum Gasteiger partial charge on any atom is -0.484 e. The third-order valence-corrected chi connectivity index (χ3v) is 2.71. The van der Waals surface area contributed by atoms with Crippen LogP contribution in [0.15, 0.2) is 24.3 Å². The van der Waals surface area contributed by atoms with Crippen LogP contribution >= 0.6 is 11.6 Å². The van der Waals surface area contributed by atoms with Crippen molar-refractivity contribution in [2.45, 2.75) is 25.9 Å². The number of aliphatic hydroxyl groups excluding tert-OH is 1. The fourth-order valence-corrected chi connectivity index (χ4v) is 1.44. The van der Waals surface area contributed by atoms with E-state index in [0.717, 1.165) is 0 Å². The average Bonchev–Trinajstić information content (AvgIpc) is 2.38. The normalized spacial score (nSPS) is 11.9. The second-order valence-electron chi connectivity index (χ2n) is 3.94. The second-order valence-corrected chi connectivity index (χ2v) is 4.38. The Morgan fingerprint density at radius 1 is 1.44 bits per heavy atom. The number of hydrogen-bond acceptors (Lipinski definition) is 3. The van der Waals surface area contributed by atoms with E-state index in [0.29, 0.717) is 30.2 Å². The Kier molecular flexibility index (Phi) is 6.54. The highest BCUT2D eigenvalue weighted by atomic mass is 35.5. The smallest absolute Gasteiger partial charge is 0.257 e. The minimum atomic E-state index is -0.359. The van der Waals surface area contributed by atoms with E-state index in [4.69, 9.17) is 16.3 Å². The molecule has 0 heterocycles. The van der Waals surface area contributed by atoms with Crippen molar-refractivity contribution in [2.24, 2.45) is 0 Å². The summed E-state index contributed by atoms with van der Waals surface area (Å²) in [6.07, 6.45) is 0.892. The van der Waals surface area contributed by atoms with E-state index in [-0.39, 0.29) is 18.6 Å². The summed E-state index contributed by atoms with van der Waals surface area (Å²) in [7, 11) is 0. The minimum absolute atomic E-state index is 0.0378. The molecule has 1 unspecified atom stereocenters. The third-order valence-electron chi connectivity index (χ3n) is 2.45. The highest BCUT2D eigenvalue weighted by molar-refractivity contribution is 6.30. The fraction of sp³-hybridized carbons (Fsp3) is 0.462. The van der Waals surface area contributed by atoms with Gasteiger partial charge in [-0.25, -0.2) is 0 Å². The van der Waals surface area contributed by atoms with Crippen molar-refractivity contribution in [1.82, 2.24) is 5.32 Å². The molecule has 0 aliphatic rings. The van der Waals surface area contributed by atoms with Gasteiger partial charge in [0.15, 0.2) is 6.61 Å². The molecule has 1 rings (SSSR count). The number of rotatable bonds is 7. The lowest BCUT2D eigenvalue weighted by Crippen LogP contribution is -2.31. The molecule has 1 amide bonds. The number of halogens is 1. The first-order valence-corrected chi connectivity index (χ1v) is 6.32. The number of ether oxygens (including phenoxy) is 1. The fourth-order valence-electron chi connectivity index (χ4n) is 1.31. The summed E-state index contributed by atoms with van der Waals surface area (Å²) in [5.41, 5.74) is 0. The highest BCUT2D eigenvalue weighted by Gasteiger charge is 2.04. The van der Waals surface area contributed by atoms with Gasteiger partial charge < -0.3 is 15.2 Å². The molecule has 0 aliphatic heterocycles. The molecule has 2 N–H and O–H groups in total. The van der Waals surface area contributed by atoms with Crippen LogP contribution in [0.2, 0.25) is 5.02 Å². The second kappa shape index (κ2) is 7.95. The average molecular weight is 272 g/mol. The molecule has 0 saturated carbocycles. The van der Waals surface area contributed by atoms with Crippen LogP contribution < -0.4 is 10.1 Å². The summed E-state index contributed by atoms with van der Waals surface area (Å²) in [6, 6.07) is 6.81. The molecule has 5 heteroatoms. The van der Waals surface area contributed by atoms with Gasteiger partial charge in [-0.2, -0.15) is 0 Å². The van der Waals surface area contributed by atoms with Gasteiger partial charge in [-0.3, -0.25) is 4.79 Å². The summed E-state index contributed by atoms with van der Waals surface area (Å²) in [5, 5.41) is 12.6. The topological polar surface area (TPSA) is 58.6 Å². The first-order chi connectivity index (χ1) is 8.61. The quantitative estimate of drug-likeness (QED) is 0.797. The summed E-state index contributed by atoms with van der Waals surface area (Å²) in [4.78, 5) is 11.4.